The number of hydrogen-bond donors (Lipinski definition) is 0. The Bertz CT molecular complexity index is 328. The summed E-state index contributed by atoms with van der Waals surface area (Å²) in [4.78, 5) is 0. The molecule has 0 atom stereocenters. The Kier molecular flexibility index (Phi) is 4.20. The molecule has 0 saturated carbocycles. The highest BCUT2D eigenvalue weighted by Gasteiger charge is 2.09. The van der Waals surface area contributed by atoms with Crippen molar-refractivity contribution in [2.75, 3.05) is 0 Å². The molecule has 0 bridgehead atoms. The molecule has 0 aliphatic carbocycles. The van der Waals surface area contributed by atoms with Gasteiger partial charge >= 0.3 is 0 Å². The molecule has 0 unspecified atom stereocenters. The number of rotatable bonds is 3. The van der Waals surface area contributed by atoms with E-state index in [0.717, 1.165) is 0 Å². The van der Waals surface area contributed by atoms with Crippen molar-refractivity contribution in [3.8, 4) is 5.75 Å². The third kappa shape index (κ3) is 2.85. The van der Waals surface area contributed by atoms with Gasteiger partial charge in [0.2, 0.25) is 0 Å². The van der Waals surface area contributed by atoms with E-state index in [1.807, 2.05) is 13.8 Å². The summed E-state index contributed by atoms with van der Waals surface area (Å²) in [5.74, 6) is 0.209. The summed E-state index contributed by atoms with van der Waals surface area (Å²) < 4.78 is 18.6. The Morgan fingerprint density at radius 1 is 1.50 bits per heavy atom. The molecule has 78 valence electrons. The third-order valence-electron chi connectivity index (χ3n) is 1.61. The van der Waals surface area contributed by atoms with Crippen LogP contribution < -0.4 is 4.74 Å². The number of hydrogen-bond acceptors (Lipinski definition) is 1. The highest BCUT2D eigenvalue weighted by Crippen LogP contribution is 2.29. The molecule has 1 rings (SSSR count). The molecule has 0 aromatic heterocycles. The van der Waals surface area contributed by atoms with E-state index in [1.165, 1.54) is 6.07 Å². The predicted octanol–water partition coefficient (Wildman–Crippen LogP) is 4.16. The van der Waals surface area contributed by atoms with Gasteiger partial charge in [-0.05, 0) is 26.0 Å². The van der Waals surface area contributed by atoms with Gasteiger partial charge in [-0.2, -0.15) is 0 Å². The lowest BCUT2D eigenvalue weighted by Crippen LogP contribution is -2.06. The quantitative estimate of drug-likeness (QED) is 0.756. The second kappa shape index (κ2) is 4.99. The molecule has 0 heterocycles. The first-order valence-electron chi connectivity index (χ1n) is 4.25. The molecule has 0 N–H and O–H groups in total. The van der Waals surface area contributed by atoms with Crippen molar-refractivity contribution in [1.29, 1.82) is 0 Å². The van der Waals surface area contributed by atoms with Crippen molar-refractivity contribution in [1.82, 2.24) is 0 Å². The Labute approximate surface area is 96.3 Å². The lowest BCUT2D eigenvalue weighted by molar-refractivity contribution is 0.242. The van der Waals surface area contributed by atoms with Crippen LogP contribution in [0.3, 0.4) is 0 Å². The van der Waals surface area contributed by atoms with E-state index < -0.39 is 0 Å². The van der Waals surface area contributed by atoms with E-state index in [9.17, 15) is 4.39 Å². The lowest BCUT2D eigenvalue weighted by atomic mass is 10.2. The molecule has 14 heavy (non-hydrogen) atoms. The van der Waals surface area contributed by atoms with Crippen LogP contribution in [0.5, 0.6) is 5.75 Å². The van der Waals surface area contributed by atoms with Gasteiger partial charge in [0.25, 0.3) is 0 Å². The van der Waals surface area contributed by atoms with Crippen LogP contribution >= 0.6 is 27.5 Å². The third-order valence-corrected chi connectivity index (χ3v) is 2.51. The van der Waals surface area contributed by atoms with Crippen molar-refractivity contribution >= 4 is 27.5 Å². The fourth-order valence-corrected chi connectivity index (χ4v) is 1.64. The van der Waals surface area contributed by atoms with Crippen LogP contribution in [0, 0.1) is 5.82 Å². The minimum Gasteiger partial charge on any atom is -0.489 e. The number of benzene rings is 1. The van der Waals surface area contributed by atoms with Crippen LogP contribution in [-0.2, 0) is 5.33 Å². The van der Waals surface area contributed by atoms with Gasteiger partial charge in [0, 0.05) is 10.9 Å². The molecule has 0 amide bonds. The molecule has 0 spiro atoms. The summed E-state index contributed by atoms with van der Waals surface area (Å²) >= 11 is 9.02. The smallest absolute Gasteiger partial charge is 0.138 e. The fraction of sp³-hybridized carbons (Fsp3) is 0.400. The lowest BCUT2D eigenvalue weighted by Gasteiger charge is -2.12. The van der Waals surface area contributed by atoms with Crippen LogP contribution in [0.4, 0.5) is 4.39 Å². The van der Waals surface area contributed by atoms with Gasteiger partial charge < -0.3 is 4.74 Å². The zero-order chi connectivity index (χ0) is 10.7. The van der Waals surface area contributed by atoms with Gasteiger partial charge in [-0.3, -0.25) is 0 Å². The average Bonchev–Trinajstić information content (AvgIpc) is 2.09. The molecule has 1 aromatic carbocycles. The van der Waals surface area contributed by atoms with Crippen LogP contribution in [0.25, 0.3) is 0 Å². The maximum atomic E-state index is 13.2. The first-order chi connectivity index (χ1) is 6.54. The predicted molar refractivity (Wildman–Crippen MR) is 59.8 cm³/mol. The first-order valence-corrected chi connectivity index (χ1v) is 5.75. The van der Waals surface area contributed by atoms with Crippen LogP contribution in [0.1, 0.15) is 19.4 Å². The molecule has 0 aliphatic rings. The van der Waals surface area contributed by atoms with Gasteiger partial charge in [-0.15, -0.1) is 0 Å². The van der Waals surface area contributed by atoms with Crippen molar-refractivity contribution in [3.05, 3.63) is 28.5 Å². The van der Waals surface area contributed by atoms with E-state index in [1.54, 1.807) is 6.07 Å². The number of ether oxygens (including phenoxy) is 1. The summed E-state index contributed by atoms with van der Waals surface area (Å²) in [6.45, 7) is 3.79. The van der Waals surface area contributed by atoms with Crippen molar-refractivity contribution in [3.63, 3.8) is 0 Å². The second-order valence-electron chi connectivity index (χ2n) is 3.17. The van der Waals surface area contributed by atoms with Crippen LogP contribution in [0.2, 0.25) is 5.02 Å². The molecular formula is C10H11BrClFO. The summed E-state index contributed by atoms with van der Waals surface area (Å²) in [6, 6.07) is 2.89. The highest BCUT2D eigenvalue weighted by molar-refractivity contribution is 9.08. The van der Waals surface area contributed by atoms with E-state index in [0.29, 0.717) is 21.7 Å². The van der Waals surface area contributed by atoms with Gasteiger partial charge in [0.05, 0.1) is 11.1 Å². The molecule has 1 aromatic rings. The molecule has 1 nitrogen and oxygen atoms in total. The SMILES string of the molecule is CC(C)Oc1cc(CBr)c(F)cc1Cl. The van der Waals surface area contributed by atoms with E-state index in [4.69, 9.17) is 16.3 Å². The summed E-state index contributed by atoms with van der Waals surface area (Å²) in [5.41, 5.74) is 0.546. The number of halogens is 3. The molecule has 0 aliphatic heterocycles. The van der Waals surface area contributed by atoms with E-state index in [2.05, 4.69) is 15.9 Å². The summed E-state index contributed by atoms with van der Waals surface area (Å²) in [7, 11) is 0. The van der Waals surface area contributed by atoms with Crippen molar-refractivity contribution in [2.45, 2.75) is 25.3 Å². The van der Waals surface area contributed by atoms with Crippen LogP contribution in [-0.4, -0.2) is 6.10 Å². The Morgan fingerprint density at radius 3 is 2.64 bits per heavy atom. The van der Waals surface area contributed by atoms with Gasteiger partial charge in [-0.25, -0.2) is 4.39 Å². The van der Waals surface area contributed by atoms with Gasteiger partial charge in [0.15, 0.2) is 0 Å². The Hall–Kier alpha value is -0.280. The summed E-state index contributed by atoms with van der Waals surface area (Å²) in [5, 5.41) is 0.755. The topological polar surface area (TPSA) is 9.23 Å². The Morgan fingerprint density at radius 2 is 2.14 bits per heavy atom. The van der Waals surface area contributed by atoms with Gasteiger partial charge in [0.1, 0.15) is 11.6 Å². The van der Waals surface area contributed by atoms with E-state index in [-0.39, 0.29) is 11.9 Å². The Balaban J connectivity index is 3.04. The standard InChI is InChI=1S/C10H11BrClFO/c1-6(2)14-10-3-7(5-11)9(13)4-8(10)12/h3-4,6H,5H2,1-2H3. The minimum atomic E-state index is -0.317. The zero-order valence-electron chi connectivity index (χ0n) is 7.98. The second-order valence-corrected chi connectivity index (χ2v) is 4.14. The number of alkyl halides is 1. The highest BCUT2D eigenvalue weighted by atomic mass is 79.9. The average molecular weight is 282 g/mol. The molecule has 4 heteroatoms. The largest absolute Gasteiger partial charge is 0.489 e. The molecule has 0 saturated heterocycles. The normalized spacial score (nSPS) is 10.7. The van der Waals surface area contributed by atoms with Crippen molar-refractivity contribution in [2.24, 2.45) is 0 Å². The van der Waals surface area contributed by atoms with Crippen LogP contribution in [0.15, 0.2) is 12.1 Å². The molecule has 0 radical (unpaired) electrons. The van der Waals surface area contributed by atoms with Crippen molar-refractivity contribution < 1.29 is 9.13 Å². The summed E-state index contributed by atoms with van der Waals surface area (Å²) in [6.07, 6.45) is 0.0288. The molecular weight excluding hydrogens is 270 g/mol. The monoisotopic (exact) mass is 280 g/mol. The maximum absolute atomic E-state index is 13.2. The zero-order valence-corrected chi connectivity index (χ0v) is 10.3. The fourth-order valence-electron chi connectivity index (χ4n) is 1.02. The molecule has 0 fully saturated rings. The maximum Gasteiger partial charge on any atom is 0.138 e. The first kappa shape index (κ1) is 11.8. The van der Waals surface area contributed by atoms with E-state index >= 15 is 0 Å². The minimum absolute atomic E-state index is 0.0288. The van der Waals surface area contributed by atoms with Gasteiger partial charge in [-0.1, -0.05) is 27.5 Å².